The van der Waals surface area contributed by atoms with Crippen LogP contribution in [0.2, 0.25) is 0 Å². The number of primary amides is 1. The number of hydrogen-bond donors (Lipinski definition) is 2. The SMILES string of the molecule is Cc1nc(COCC(=O)NCc2ccccc2)oc1C(N)=O. The number of benzene rings is 1. The Hall–Kier alpha value is -2.67. The minimum absolute atomic E-state index is 0.00660. The summed E-state index contributed by atoms with van der Waals surface area (Å²) in [5.74, 6) is -0.714. The number of carbonyl (C=O) groups is 2. The van der Waals surface area contributed by atoms with Gasteiger partial charge in [0, 0.05) is 6.54 Å². The van der Waals surface area contributed by atoms with E-state index < -0.39 is 5.91 Å². The van der Waals surface area contributed by atoms with Crippen molar-refractivity contribution in [2.24, 2.45) is 5.73 Å². The highest BCUT2D eigenvalue weighted by atomic mass is 16.5. The Kier molecular flexibility index (Phi) is 5.26. The van der Waals surface area contributed by atoms with Gasteiger partial charge in [0.05, 0.1) is 5.69 Å². The molecule has 2 rings (SSSR count). The van der Waals surface area contributed by atoms with Gasteiger partial charge >= 0.3 is 0 Å². The van der Waals surface area contributed by atoms with Crippen LogP contribution in [0.5, 0.6) is 0 Å². The molecule has 3 N–H and O–H groups in total. The highest BCUT2D eigenvalue weighted by Gasteiger charge is 2.14. The monoisotopic (exact) mass is 303 g/mol. The number of nitrogens with two attached hydrogens (primary N) is 1. The Morgan fingerprint density at radius 1 is 1.32 bits per heavy atom. The van der Waals surface area contributed by atoms with Crippen molar-refractivity contribution in [3.8, 4) is 0 Å². The molecule has 0 aliphatic heterocycles. The molecule has 0 bridgehead atoms. The zero-order valence-electron chi connectivity index (χ0n) is 12.2. The van der Waals surface area contributed by atoms with Gasteiger partial charge in [-0.25, -0.2) is 4.98 Å². The van der Waals surface area contributed by atoms with Crippen LogP contribution in [0.4, 0.5) is 0 Å². The zero-order valence-corrected chi connectivity index (χ0v) is 12.2. The number of aromatic nitrogens is 1. The second kappa shape index (κ2) is 7.37. The van der Waals surface area contributed by atoms with E-state index in [0.29, 0.717) is 12.2 Å². The van der Waals surface area contributed by atoms with Gasteiger partial charge in [0.25, 0.3) is 5.91 Å². The van der Waals surface area contributed by atoms with Crippen LogP contribution in [0, 0.1) is 6.92 Å². The van der Waals surface area contributed by atoms with Crippen LogP contribution in [0.25, 0.3) is 0 Å². The number of nitrogens with zero attached hydrogens (tertiary/aromatic N) is 1. The van der Waals surface area contributed by atoms with E-state index in [1.807, 2.05) is 30.3 Å². The maximum Gasteiger partial charge on any atom is 0.286 e. The molecular weight excluding hydrogens is 286 g/mol. The van der Waals surface area contributed by atoms with Crippen molar-refractivity contribution in [2.45, 2.75) is 20.1 Å². The van der Waals surface area contributed by atoms with Gasteiger partial charge in [0.2, 0.25) is 17.6 Å². The van der Waals surface area contributed by atoms with Gasteiger partial charge < -0.3 is 20.2 Å². The van der Waals surface area contributed by atoms with Crippen LogP contribution in [0.1, 0.15) is 27.7 Å². The summed E-state index contributed by atoms with van der Waals surface area (Å²) in [5.41, 5.74) is 6.53. The van der Waals surface area contributed by atoms with E-state index in [2.05, 4.69) is 10.3 Å². The van der Waals surface area contributed by atoms with Gasteiger partial charge in [-0.2, -0.15) is 0 Å². The second-order valence-electron chi connectivity index (χ2n) is 4.64. The fourth-order valence-electron chi connectivity index (χ4n) is 1.82. The molecule has 1 heterocycles. The maximum atomic E-state index is 11.6. The van der Waals surface area contributed by atoms with Crippen molar-refractivity contribution in [2.75, 3.05) is 6.61 Å². The number of carbonyl (C=O) groups excluding carboxylic acids is 2. The normalized spacial score (nSPS) is 10.4. The third-order valence-corrected chi connectivity index (χ3v) is 2.86. The molecule has 116 valence electrons. The van der Waals surface area contributed by atoms with Gasteiger partial charge in [0.15, 0.2) is 0 Å². The molecule has 0 unspecified atom stereocenters. The standard InChI is InChI=1S/C15H17N3O4/c1-10-14(15(16)20)22-13(18-10)9-21-8-12(19)17-7-11-5-3-2-4-6-11/h2-6H,7-9H2,1H3,(H2,16,20)(H,17,19). The first-order chi connectivity index (χ1) is 10.6. The van der Waals surface area contributed by atoms with Crippen molar-refractivity contribution in [3.05, 3.63) is 53.2 Å². The lowest BCUT2D eigenvalue weighted by molar-refractivity contribution is -0.126. The van der Waals surface area contributed by atoms with Gasteiger partial charge in [-0.3, -0.25) is 9.59 Å². The van der Waals surface area contributed by atoms with E-state index in [1.165, 1.54) is 0 Å². The van der Waals surface area contributed by atoms with Crippen LogP contribution in [-0.4, -0.2) is 23.4 Å². The summed E-state index contributed by atoms with van der Waals surface area (Å²) in [4.78, 5) is 26.6. The predicted molar refractivity (Wildman–Crippen MR) is 77.7 cm³/mol. The first kappa shape index (κ1) is 15.7. The number of rotatable bonds is 7. The van der Waals surface area contributed by atoms with E-state index in [1.54, 1.807) is 6.92 Å². The molecule has 0 saturated carbocycles. The predicted octanol–water partition coefficient (Wildman–Crippen LogP) is 0.915. The first-order valence-corrected chi connectivity index (χ1v) is 6.70. The molecule has 0 aliphatic carbocycles. The average Bonchev–Trinajstić information content (AvgIpc) is 2.87. The van der Waals surface area contributed by atoms with E-state index in [4.69, 9.17) is 14.9 Å². The number of ether oxygens (including phenoxy) is 1. The lowest BCUT2D eigenvalue weighted by Gasteiger charge is -2.05. The van der Waals surface area contributed by atoms with Crippen LogP contribution >= 0.6 is 0 Å². The molecule has 0 radical (unpaired) electrons. The minimum Gasteiger partial charge on any atom is -0.433 e. The molecule has 0 aliphatic rings. The number of oxazole rings is 1. The van der Waals surface area contributed by atoms with Crippen LogP contribution < -0.4 is 11.1 Å². The van der Waals surface area contributed by atoms with Crippen LogP contribution in [-0.2, 0) is 22.7 Å². The molecule has 7 nitrogen and oxygen atoms in total. The molecule has 0 atom stereocenters. The maximum absolute atomic E-state index is 11.6. The van der Waals surface area contributed by atoms with Gasteiger partial charge in [-0.15, -0.1) is 0 Å². The molecule has 1 aromatic heterocycles. The highest BCUT2D eigenvalue weighted by molar-refractivity contribution is 5.90. The number of aryl methyl sites for hydroxylation is 1. The summed E-state index contributed by atoms with van der Waals surface area (Å²) in [6.07, 6.45) is 0. The Bertz CT molecular complexity index is 652. The summed E-state index contributed by atoms with van der Waals surface area (Å²) >= 11 is 0. The van der Waals surface area contributed by atoms with Crippen molar-refractivity contribution in [1.82, 2.24) is 10.3 Å². The van der Waals surface area contributed by atoms with Gasteiger partial charge in [-0.1, -0.05) is 30.3 Å². The number of hydrogen-bond acceptors (Lipinski definition) is 5. The summed E-state index contributed by atoms with van der Waals surface area (Å²) in [6.45, 7) is 1.92. The first-order valence-electron chi connectivity index (χ1n) is 6.70. The molecule has 1 aromatic carbocycles. The van der Waals surface area contributed by atoms with Gasteiger partial charge in [0.1, 0.15) is 13.2 Å². The molecule has 22 heavy (non-hydrogen) atoms. The molecule has 0 fully saturated rings. The Balaban J connectivity index is 1.73. The largest absolute Gasteiger partial charge is 0.433 e. The Morgan fingerprint density at radius 3 is 2.68 bits per heavy atom. The van der Waals surface area contributed by atoms with E-state index in [9.17, 15) is 9.59 Å². The molecule has 2 aromatic rings. The quantitative estimate of drug-likeness (QED) is 0.790. The minimum atomic E-state index is -0.683. The average molecular weight is 303 g/mol. The van der Waals surface area contributed by atoms with Crippen molar-refractivity contribution in [1.29, 1.82) is 0 Å². The lowest BCUT2D eigenvalue weighted by atomic mass is 10.2. The fourth-order valence-corrected chi connectivity index (χ4v) is 1.82. The molecule has 0 spiro atoms. The van der Waals surface area contributed by atoms with E-state index in [0.717, 1.165) is 5.56 Å². The van der Waals surface area contributed by atoms with E-state index >= 15 is 0 Å². The smallest absolute Gasteiger partial charge is 0.286 e. The topological polar surface area (TPSA) is 107 Å². The number of amides is 2. The third-order valence-electron chi connectivity index (χ3n) is 2.86. The molecule has 7 heteroatoms. The van der Waals surface area contributed by atoms with Gasteiger partial charge in [-0.05, 0) is 12.5 Å². The summed E-state index contributed by atoms with van der Waals surface area (Å²) < 4.78 is 10.3. The summed E-state index contributed by atoms with van der Waals surface area (Å²) in [5, 5.41) is 2.73. The second-order valence-corrected chi connectivity index (χ2v) is 4.64. The van der Waals surface area contributed by atoms with E-state index in [-0.39, 0.29) is 30.8 Å². The molecule has 0 saturated heterocycles. The summed E-state index contributed by atoms with van der Waals surface area (Å²) in [6, 6.07) is 9.55. The fraction of sp³-hybridized carbons (Fsp3) is 0.267. The third kappa shape index (κ3) is 4.42. The summed E-state index contributed by atoms with van der Waals surface area (Å²) in [7, 11) is 0. The highest BCUT2D eigenvalue weighted by Crippen LogP contribution is 2.10. The Morgan fingerprint density at radius 2 is 2.05 bits per heavy atom. The lowest BCUT2D eigenvalue weighted by Crippen LogP contribution is -2.27. The molecular formula is C15H17N3O4. The van der Waals surface area contributed by atoms with Crippen molar-refractivity contribution < 1.29 is 18.7 Å². The number of nitrogens with one attached hydrogen (secondary N) is 1. The van der Waals surface area contributed by atoms with Crippen molar-refractivity contribution in [3.63, 3.8) is 0 Å². The van der Waals surface area contributed by atoms with Crippen LogP contribution in [0.3, 0.4) is 0 Å². The molecule has 2 amide bonds. The zero-order chi connectivity index (χ0) is 15.9. The van der Waals surface area contributed by atoms with Crippen molar-refractivity contribution >= 4 is 11.8 Å². The Labute approximate surface area is 127 Å². The van der Waals surface area contributed by atoms with Crippen LogP contribution in [0.15, 0.2) is 34.7 Å².